The highest BCUT2D eigenvalue weighted by Crippen LogP contribution is 2.11. The Kier molecular flexibility index (Phi) is 4.50. The van der Waals surface area contributed by atoms with E-state index in [1.807, 2.05) is 43.3 Å². The van der Waals surface area contributed by atoms with Crippen molar-refractivity contribution in [3.8, 4) is 0 Å². The van der Waals surface area contributed by atoms with Gasteiger partial charge in [-0.3, -0.25) is 9.59 Å². The number of nitrogens with one attached hydrogen (secondary N) is 2. The highest BCUT2D eigenvalue weighted by atomic mass is 16.2. The zero-order valence-electron chi connectivity index (χ0n) is 11.2. The zero-order valence-corrected chi connectivity index (χ0v) is 11.2. The molecule has 0 aliphatic heterocycles. The molecule has 0 bridgehead atoms. The molecule has 0 aromatic heterocycles. The molecule has 0 heterocycles. The molecule has 2 aromatic rings. The first kappa shape index (κ1) is 13.8. The SMILES string of the molecule is C[C@@H](NC(=O)C(=O)Nc1ccccc1)c1ccccc1. The van der Waals surface area contributed by atoms with E-state index in [9.17, 15) is 9.59 Å². The van der Waals surface area contributed by atoms with Crippen molar-refractivity contribution in [1.29, 1.82) is 0 Å². The summed E-state index contributed by atoms with van der Waals surface area (Å²) in [6.45, 7) is 1.84. The summed E-state index contributed by atoms with van der Waals surface area (Å²) in [4.78, 5) is 23.6. The van der Waals surface area contributed by atoms with Crippen molar-refractivity contribution < 1.29 is 9.59 Å². The number of carbonyl (C=O) groups excluding carboxylic acids is 2. The van der Waals surface area contributed by atoms with Gasteiger partial charge in [0.05, 0.1) is 6.04 Å². The molecule has 1 atom stereocenters. The molecule has 0 unspecified atom stereocenters. The molecule has 2 N–H and O–H groups in total. The van der Waals surface area contributed by atoms with Gasteiger partial charge in [0.25, 0.3) is 0 Å². The second kappa shape index (κ2) is 6.52. The third-order valence-corrected chi connectivity index (χ3v) is 2.89. The molecule has 0 saturated carbocycles. The van der Waals surface area contributed by atoms with E-state index in [2.05, 4.69) is 10.6 Å². The van der Waals surface area contributed by atoms with E-state index in [0.29, 0.717) is 5.69 Å². The minimum atomic E-state index is -0.668. The van der Waals surface area contributed by atoms with E-state index in [1.54, 1.807) is 24.3 Å². The van der Waals surface area contributed by atoms with Crippen LogP contribution in [0.15, 0.2) is 60.7 Å². The number of anilines is 1. The fraction of sp³-hybridized carbons (Fsp3) is 0.125. The van der Waals surface area contributed by atoms with Gasteiger partial charge in [0.2, 0.25) is 0 Å². The van der Waals surface area contributed by atoms with Crippen LogP contribution in [-0.4, -0.2) is 11.8 Å². The molecule has 4 nitrogen and oxygen atoms in total. The molecule has 0 radical (unpaired) electrons. The zero-order chi connectivity index (χ0) is 14.4. The molecule has 0 fully saturated rings. The molecular weight excluding hydrogens is 252 g/mol. The van der Waals surface area contributed by atoms with E-state index in [4.69, 9.17) is 0 Å². The Labute approximate surface area is 117 Å². The van der Waals surface area contributed by atoms with Crippen molar-refractivity contribution in [3.05, 3.63) is 66.2 Å². The van der Waals surface area contributed by atoms with Crippen LogP contribution in [0, 0.1) is 0 Å². The van der Waals surface area contributed by atoms with Gasteiger partial charge in [-0.2, -0.15) is 0 Å². The summed E-state index contributed by atoms with van der Waals surface area (Å²) in [6, 6.07) is 18.2. The Morgan fingerprint density at radius 3 is 2.00 bits per heavy atom. The van der Waals surface area contributed by atoms with Gasteiger partial charge in [-0.1, -0.05) is 48.5 Å². The molecule has 0 saturated heterocycles. The summed E-state index contributed by atoms with van der Waals surface area (Å²) >= 11 is 0. The van der Waals surface area contributed by atoms with Crippen LogP contribution >= 0.6 is 0 Å². The Balaban J connectivity index is 1.93. The van der Waals surface area contributed by atoms with Crippen LogP contribution in [0.25, 0.3) is 0 Å². The monoisotopic (exact) mass is 268 g/mol. The highest BCUT2D eigenvalue weighted by Gasteiger charge is 2.16. The third-order valence-electron chi connectivity index (χ3n) is 2.89. The van der Waals surface area contributed by atoms with Crippen molar-refractivity contribution in [3.63, 3.8) is 0 Å². The number of carbonyl (C=O) groups is 2. The van der Waals surface area contributed by atoms with E-state index in [1.165, 1.54) is 0 Å². The standard InChI is InChI=1S/C16H16N2O2/c1-12(13-8-4-2-5-9-13)17-15(19)16(20)18-14-10-6-3-7-11-14/h2-12H,1H3,(H,17,19)(H,18,20)/t12-/m1/s1. The van der Waals surface area contributed by atoms with Gasteiger partial charge >= 0.3 is 11.8 Å². The van der Waals surface area contributed by atoms with Gasteiger partial charge in [0.15, 0.2) is 0 Å². The van der Waals surface area contributed by atoms with Gasteiger partial charge in [0, 0.05) is 5.69 Å². The van der Waals surface area contributed by atoms with Gasteiger partial charge in [0.1, 0.15) is 0 Å². The van der Waals surface area contributed by atoms with Crippen molar-refractivity contribution in [2.24, 2.45) is 0 Å². The molecular formula is C16H16N2O2. The number of para-hydroxylation sites is 1. The third kappa shape index (κ3) is 3.68. The first-order chi connectivity index (χ1) is 9.66. The van der Waals surface area contributed by atoms with E-state index in [0.717, 1.165) is 5.56 Å². The van der Waals surface area contributed by atoms with Gasteiger partial charge in [-0.25, -0.2) is 0 Å². The molecule has 0 aliphatic rings. The second-order valence-electron chi connectivity index (χ2n) is 4.43. The molecule has 4 heteroatoms. The van der Waals surface area contributed by atoms with Crippen LogP contribution in [0.3, 0.4) is 0 Å². The highest BCUT2D eigenvalue weighted by molar-refractivity contribution is 6.39. The average molecular weight is 268 g/mol. The lowest BCUT2D eigenvalue weighted by atomic mass is 10.1. The van der Waals surface area contributed by atoms with Crippen molar-refractivity contribution in [1.82, 2.24) is 5.32 Å². The Hall–Kier alpha value is -2.62. The van der Waals surface area contributed by atoms with Gasteiger partial charge < -0.3 is 10.6 Å². The minimum Gasteiger partial charge on any atom is -0.341 e. The predicted molar refractivity (Wildman–Crippen MR) is 78.1 cm³/mol. The fourth-order valence-corrected chi connectivity index (χ4v) is 1.80. The maximum atomic E-state index is 11.8. The largest absolute Gasteiger partial charge is 0.341 e. The summed E-state index contributed by atoms with van der Waals surface area (Å²) in [5, 5.41) is 5.21. The topological polar surface area (TPSA) is 58.2 Å². The maximum Gasteiger partial charge on any atom is 0.313 e. The number of amides is 2. The predicted octanol–water partition coefficient (Wildman–Crippen LogP) is 2.50. The van der Waals surface area contributed by atoms with Crippen LogP contribution in [-0.2, 0) is 9.59 Å². The van der Waals surface area contributed by atoms with Crippen LogP contribution < -0.4 is 10.6 Å². The lowest BCUT2D eigenvalue weighted by molar-refractivity contribution is -0.136. The van der Waals surface area contributed by atoms with Gasteiger partial charge in [-0.05, 0) is 24.6 Å². The maximum absolute atomic E-state index is 11.8. The molecule has 20 heavy (non-hydrogen) atoms. The summed E-state index contributed by atoms with van der Waals surface area (Å²) in [6.07, 6.45) is 0. The van der Waals surface area contributed by atoms with Gasteiger partial charge in [-0.15, -0.1) is 0 Å². The van der Waals surface area contributed by atoms with E-state index in [-0.39, 0.29) is 6.04 Å². The number of rotatable bonds is 3. The van der Waals surface area contributed by atoms with Crippen LogP contribution in [0.1, 0.15) is 18.5 Å². The van der Waals surface area contributed by atoms with E-state index >= 15 is 0 Å². The summed E-state index contributed by atoms with van der Waals surface area (Å²) in [5.41, 5.74) is 1.55. The lowest BCUT2D eigenvalue weighted by Gasteiger charge is -2.14. The number of benzene rings is 2. The quantitative estimate of drug-likeness (QED) is 0.840. The lowest BCUT2D eigenvalue weighted by Crippen LogP contribution is -2.36. The van der Waals surface area contributed by atoms with Crippen LogP contribution in [0.2, 0.25) is 0 Å². The second-order valence-corrected chi connectivity index (χ2v) is 4.43. The van der Waals surface area contributed by atoms with Crippen molar-refractivity contribution >= 4 is 17.5 Å². The number of hydrogen-bond acceptors (Lipinski definition) is 2. The number of hydrogen-bond donors (Lipinski definition) is 2. The van der Waals surface area contributed by atoms with Crippen LogP contribution in [0.4, 0.5) is 5.69 Å². The summed E-state index contributed by atoms with van der Waals surface area (Å²) in [7, 11) is 0. The Bertz CT molecular complexity index is 582. The Morgan fingerprint density at radius 2 is 1.40 bits per heavy atom. The van der Waals surface area contributed by atoms with Crippen molar-refractivity contribution in [2.75, 3.05) is 5.32 Å². The minimum absolute atomic E-state index is 0.217. The summed E-state index contributed by atoms with van der Waals surface area (Å²) < 4.78 is 0. The fourth-order valence-electron chi connectivity index (χ4n) is 1.80. The van der Waals surface area contributed by atoms with E-state index < -0.39 is 11.8 Å². The van der Waals surface area contributed by atoms with Crippen LogP contribution in [0.5, 0.6) is 0 Å². The molecule has 0 aliphatic carbocycles. The average Bonchev–Trinajstić information content (AvgIpc) is 2.49. The smallest absolute Gasteiger partial charge is 0.313 e. The summed E-state index contributed by atoms with van der Waals surface area (Å²) in [5.74, 6) is -1.32. The Morgan fingerprint density at radius 1 is 0.850 bits per heavy atom. The molecule has 102 valence electrons. The van der Waals surface area contributed by atoms with Crippen molar-refractivity contribution in [2.45, 2.75) is 13.0 Å². The molecule has 2 rings (SSSR count). The molecule has 0 spiro atoms. The molecule has 2 amide bonds. The normalized spacial score (nSPS) is 11.4. The first-order valence-corrected chi connectivity index (χ1v) is 6.38. The molecule has 2 aromatic carbocycles. The first-order valence-electron chi connectivity index (χ1n) is 6.38.